The van der Waals surface area contributed by atoms with Crippen LogP contribution in [0.15, 0.2) is 30.7 Å². The Balaban J connectivity index is 1.73. The Hall–Kier alpha value is -2.63. The van der Waals surface area contributed by atoms with Crippen molar-refractivity contribution in [2.75, 3.05) is 5.73 Å². The van der Waals surface area contributed by atoms with Crippen molar-refractivity contribution in [3.63, 3.8) is 0 Å². The number of nitrogens with two attached hydrogens (primary N) is 1. The van der Waals surface area contributed by atoms with Crippen LogP contribution in [0.5, 0.6) is 0 Å². The molecule has 112 valence electrons. The lowest BCUT2D eigenvalue weighted by molar-refractivity contribution is 0.0815. The van der Waals surface area contributed by atoms with Crippen molar-refractivity contribution in [3.8, 4) is 0 Å². The molecular formula is C16H17N5O. The predicted octanol–water partition coefficient (Wildman–Crippen LogP) is 2.03. The minimum absolute atomic E-state index is 0.0298. The highest BCUT2D eigenvalue weighted by Crippen LogP contribution is 2.25. The van der Waals surface area contributed by atoms with Crippen molar-refractivity contribution < 1.29 is 4.79 Å². The van der Waals surface area contributed by atoms with E-state index in [1.54, 1.807) is 4.57 Å². The molecule has 4 rings (SSSR count). The number of imidazole rings is 2. The molecule has 0 radical (unpaired) electrons. The number of hydrogen-bond acceptors (Lipinski definition) is 4. The van der Waals surface area contributed by atoms with E-state index in [1.165, 1.54) is 0 Å². The van der Waals surface area contributed by atoms with Gasteiger partial charge in [-0.3, -0.25) is 9.36 Å². The van der Waals surface area contributed by atoms with Crippen LogP contribution in [0.1, 0.15) is 22.7 Å². The van der Waals surface area contributed by atoms with E-state index < -0.39 is 0 Å². The van der Waals surface area contributed by atoms with Crippen molar-refractivity contribution in [2.24, 2.45) is 5.92 Å². The summed E-state index contributed by atoms with van der Waals surface area (Å²) in [4.78, 5) is 21.6. The number of nitrogen functional groups attached to an aromatic ring is 1. The fourth-order valence-electron chi connectivity index (χ4n) is 3.26. The number of rotatable bonds is 1. The monoisotopic (exact) mass is 295 g/mol. The first kappa shape index (κ1) is 13.1. The number of hydrogen-bond donors (Lipinski definition) is 1. The first-order valence-corrected chi connectivity index (χ1v) is 7.41. The van der Waals surface area contributed by atoms with Gasteiger partial charge in [0.1, 0.15) is 5.82 Å². The van der Waals surface area contributed by atoms with Crippen LogP contribution in [-0.4, -0.2) is 25.0 Å². The van der Waals surface area contributed by atoms with Gasteiger partial charge in [-0.15, -0.1) is 0 Å². The number of fused-ring (bicyclic) bond motifs is 2. The van der Waals surface area contributed by atoms with Gasteiger partial charge in [-0.25, -0.2) is 9.97 Å². The molecule has 1 aromatic carbocycles. The molecule has 1 aliphatic heterocycles. The highest BCUT2D eigenvalue weighted by Gasteiger charge is 2.28. The van der Waals surface area contributed by atoms with Gasteiger partial charge >= 0.3 is 0 Å². The molecule has 1 atom stereocenters. The lowest BCUT2D eigenvalue weighted by atomic mass is 9.95. The highest BCUT2D eigenvalue weighted by molar-refractivity contribution is 5.93. The number of nitrogens with zero attached hydrogens (tertiary/aromatic N) is 4. The zero-order valence-corrected chi connectivity index (χ0v) is 12.4. The summed E-state index contributed by atoms with van der Waals surface area (Å²) in [6.07, 6.45) is 5.24. The molecule has 3 aromatic rings. The van der Waals surface area contributed by atoms with Crippen molar-refractivity contribution in [2.45, 2.75) is 26.3 Å². The molecule has 0 saturated heterocycles. The van der Waals surface area contributed by atoms with Gasteiger partial charge in [0, 0.05) is 36.5 Å². The SMILES string of the molecule is Cc1nc2cc(N)ccc2n1C(=O)C1CCn2cncc2C1. The molecule has 2 aromatic heterocycles. The van der Waals surface area contributed by atoms with Crippen LogP contribution >= 0.6 is 0 Å². The van der Waals surface area contributed by atoms with Crippen molar-refractivity contribution in [1.82, 2.24) is 19.1 Å². The molecule has 0 bridgehead atoms. The summed E-state index contributed by atoms with van der Waals surface area (Å²) in [7, 11) is 0. The second-order valence-corrected chi connectivity index (χ2v) is 5.85. The molecule has 1 aliphatic rings. The smallest absolute Gasteiger partial charge is 0.236 e. The first-order chi connectivity index (χ1) is 10.6. The minimum Gasteiger partial charge on any atom is -0.399 e. The summed E-state index contributed by atoms with van der Waals surface area (Å²) in [6.45, 7) is 2.70. The molecule has 0 amide bonds. The Morgan fingerprint density at radius 2 is 2.27 bits per heavy atom. The van der Waals surface area contributed by atoms with Crippen LogP contribution in [0.25, 0.3) is 11.0 Å². The van der Waals surface area contributed by atoms with Gasteiger partial charge in [0.15, 0.2) is 0 Å². The Kier molecular flexibility index (Phi) is 2.79. The number of anilines is 1. The van der Waals surface area contributed by atoms with Crippen LogP contribution in [-0.2, 0) is 13.0 Å². The lowest BCUT2D eigenvalue weighted by Crippen LogP contribution is -2.29. The molecule has 6 heteroatoms. The molecule has 22 heavy (non-hydrogen) atoms. The van der Waals surface area contributed by atoms with Crippen LogP contribution in [0, 0.1) is 12.8 Å². The van der Waals surface area contributed by atoms with E-state index in [2.05, 4.69) is 14.5 Å². The summed E-state index contributed by atoms with van der Waals surface area (Å²) < 4.78 is 3.84. The van der Waals surface area contributed by atoms with Crippen molar-refractivity contribution in [1.29, 1.82) is 0 Å². The summed E-state index contributed by atoms with van der Waals surface area (Å²) in [5.41, 5.74) is 9.18. The number of aromatic nitrogens is 4. The normalized spacial score (nSPS) is 17.6. The Labute approximate surface area is 127 Å². The first-order valence-electron chi connectivity index (χ1n) is 7.41. The average molecular weight is 295 g/mol. The maximum Gasteiger partial charge on any atom is 0.236 e. The van der Waals surface area contributed by atoms with Gasteiger partial charge < -0.3 is 10.3 Å². The molecule has 0 spiro atoms. The minimum atomic E-state index is -0.0298. The standard InChI is InChI=1S/C16H17N5O/c1-10-19-14-7-12(17)2-3-15(14)21(10)16(22)11-4-5-20-9-18-8-13(20)6-11/h2-3,7-9,11H,4-6,17H2,1H3. The Morgan fingerprint density at radius 1 is 1.41 bits per heavy atom. The van der Waals surface area contributed by atoms with E-state index in [0.29, 0.717) is 11.5 Å². The van der Waals surface area contributed by atoms with E-state index in [0.717, 1.165) is 36.1 Å². The van der Waals surface area contributed by atoms with E-state index in [9.17, 15) is 4.79 Å². The largest absolute Gasteiger partial charge is 0.399 e. The summed E-state index contributed by atoms with van der Waals surface area (Å²) in [5, 5.41) is 0. The molecule has 0 saturated carbocycles. The third kappa shape index (κ3) is 1.91. The molecular weight excluding hydrogens is 278 g/mol. The maximum absolute atomic E-state index is 13.0. The molecule has 0 aliphatic carbocycles. The summed E-state index contributed by atoms with van der Waals surface area (Å²) in [6, 6.07) is 5.49. The fourth-order valence-corrected chi connectivity index (χ4v) is 3.26. The third-order valence-corrected chi connectivity index (χ3v) is 4.39. The van der Waals surface area contributed by atoms with Gasteiger partial charge in [0.25, 0.3) is 0 Å². The van der Waals surface area contributed by atoms with Gasteiger partial charge in [-0.2, -0.15) is 0 Å². The molecule has 6 nitrogen and oxygen atoms in total. The quantitative estimate of drug-likeness (QED) is 0.697. The van der Waals surface area contributed by atoms with Gasteiger partial charge in [0.05, 0.1) is 17.4 Å². The second kappa shape index (κ2) is 4.69. The number of carbonyl (C=O) groups is 1. The van der Waals surface area contributed by atoms with Crippen molar-refractivity contribution >= 4 is 22.6 Å². The van der Waals surface area contributed by atoms with Crippen LogP contribution in [0.4, 0.5) is 5.69 Å². The predicted molar refractivity (Wildman–Crippen MR) is 83.5 cm³/mol. The maximum atomic E-state index is 13.0. The van der Waals surface area contributed by atoms with Gasteiger partial charge in [0.2, 0.25) is 5.91 Å². The number of benzene rings is 1. The zero-order chi connectivity index (χ0) is 15.3. The fraction of sp³-hybridized carbons (Fsp3) is 0.312. The number of aryl methyl sites for hydroxylation is 2. The number of carbonyl (C=O) groups excluding carboxylic acids is 1. The van der Waals surface area contributed by atoms with E-state index in [-0.39, 0.29) is 11.8 Å². The zero-order valence-electron chi connectivity index (χ0n) is 12.4. The molecule has 3 heterocycles. The Morgan fingerprint density at radius 3 is 3.14 bits per heavy atom. The van der Waals surface area contributed by atoms with E-state index in [1.807, 2.05) is 37.6 Å². The third-order valence-electron chi connectivity index (χ3n) is 4.39. The molecule has 1 unspecified atom stereocenters. The molecule has 2 N–H and O–H groups in total. The van der Waals surface area contributed by atoms with Gasteiger partial charge in [-0.1, -0.05) is 0 Å². The van der Waals surface area contributed by atoms with Crippen LogP contribution in [0.2, 0.25) is 0 Å². The molecule has 0 fully saturated rings. The topological polar surface area (TPSA) is 78.7 Å². The van der Waals surface area contributed by atoms with Crippen molar-refractivity contribution in [3.05, 3.63) is 42.2 Å². The highest BCUT2D eigenvalue weighted by atomic mass is 16.2. The average Bonchev–Trinajstić information content (AvgIpc) is 3.08. The lowest BCUT2D eigenvalue weighted by Gasteiger charge is -2.23. The van der Waals surface area contributed by atoms with E-state index >= 15 is 0 Å². The summed E-state index contributed by atoms with van der Waals surface area (Å²) in [5.74, 6) is 0.791. The van der Waals surface area contributed by atoms with Crippen LogP contribution in [0.3, 0.4) is 0 Å². The summed E-state index contributed by atoms with van der Waals surface area (Å²) >= 11 is 0. The van der Waals surface area contributed by atoms with Crippen LogP contribution < -0.4 is 5.73 Å². The van der Waals surface area contributed by atoms with E-state index in [4.69, 9.17) is 5.73 Å². The Bertz CT molecular complexity index is 876. The second-order valence-electron chi connectivity index (χ2n) is 5.85. The van der Waals surface area contributed by atoms with Gasteiger partial charge in [-0.05, 0) is 31.5 Å².